The highest BCUT2D eigenvalue weighted by molar-refractivity contribution is 5.49. The average molecular weight is 370 g/mol. The fourth-order valence-electron chi connectivity index (χ4n) is 2.50. The topological polar surface area (TPSA) is 79.4 Å². The number of rotatable bonds is 5. The van der Waals surface area contributed by atoms with Crippen LogP contribution in [0.15, 0.2) is 35.3 Å². The van der Waals surface area contributed by atoms with Crippen LogP contribution in [0, 0.1) is 0 Å². The predicted octanol–water partition coefficient (Wildman–Crippen LogP) is 1.67. The summed E-state index contributed by atoms with van der Waals surface area (Å²) in [7, 11) is 1.50. The molecule has 1 aromatic carbocycles. The van der Waals surface area contributed by atoms with Crippen molar-refractivity contribution in [2.24, 2.45) is 0 Å². The molecule has 1 aliphatic heterocycles. The summed E-state index contributed by atoms with van der Waals surface area (Å²) in [5.74, 6) is 0.593. The summed E-state index contributed by atoms with van der Waals surface area (Å²) in [5.41, 5.74) is -0.0955. The standard InChI is InChI=1S/C16H17F3N4O3/c1-9-14(24)23(9)21-12-7-20-22(15(25)13(12)16(17,18)19)8-10-3-5-11(26-2)6-4-10/h3-7,9,14,21,24H,8H2,1-2H3/t9-,14-,23?/m0/s1. The molecule has 1 fully saturated rings. The summed E-state index contributed by atoms with van der Waals surface area (Å²) in [6.45, 7) is 1.51. The van der Waals surface area contributed by atoms with Crippen molar-refractivity contribution in [1.82, 2.24) is 14.8 Å². The second-order valence-corrected chi connectivity index (χ2v) is 5.92. The Morgan fingerprint density at radius 1 is 1.31 bits per heavy atom. The van der Waals surface area contributed by atoms with Gasteiger partial charge in [-0.05, 0) is 24.6 Å². The van der Waals surface area contributed by atoms with Crippen molar-refractivity contribution in [2.75, 3.05) is 12.5 Å². The summed E-state index contributed by atoms with van der Waals surface area (Å²) in [6.07, 6.45) is -4.84. The molecule has 2 N–H and O–H groups in total. The number of benzene rings is 1. The molecule has 140 valence electrons. The molecule has 10 heteroatoms. The molecule has 0 saturated carbocycles. The highest BCUT2D eigenvalue weighted by atomic mass is 19.4. The first-order chi connectivity index (χ1) is 12.2. The van der Waals surface area contributed by atoms with Gasteiger partial charge in [0.2, 0.25) is 0 Å². The summed E-state index contributed by atoms with van der Waals surface area (Å²) in [6, 6.07) is 6.22. The van der Waals surface area contributed by atoms with Gasteiger partial charge in [-0.2, -0.15) is 23.3 Å². The Bertz CT molecular complexity index is 843. The van der Waals surface area contributed by atoms with E-state index >= 15 is 0 Å². The number of hydrogen-bond donors (Lipinski definition) is 2. The first-order valence-electron chi connectivity index (χ1n) is 7.75. The number of nitrogens with zero attached hydrogens (tertiary/aromatic N) is 3. The Hall–Kier alpha value is -2.59. The number of ether oxygens (including phenoxy) is 1. The molecule has 3 rings (SSSR count). The molecule has 7 nitrogen and oxygen atoms in total. The largest absolute Gasteiger partial charge is 0.497 e. The maximum atomic E-state index is 13.4. The van der Waals surface area contributed by atoms with Gasteiger partial charge in [-0.1, -0.05) is 12.1 Å². The Balaban J connectivity index is 1.93. The Morgan fingerprint density at radius 2 is 1.92 bits per heavy atom. The van der Waals surface area contributed by atoms with E-state index in [-0.39, 0.29) is 12.6 Å². The number of aliphatic hydroxyl groups is 1. The number of nitrogens with one attached hydrogen (secondary N) is 1. The second-order valence-electron chi connectivity index (χ2n) is 5.92. The van der Waals surface area contributed by atoms with E-state index in [1.165, 1.54) is 12.1 Å². The molecular formula is C16H17F3N4O3. The van der Waals surface area contributed by atoms with Gasteiger partial charge < -0.3 is 15.3 Å². The number of hydrazine groups is 1. The molecule has 0 radical (unpaired) electrons. The summed E-state index contributed by atoms with van der Waals surface area (Å²) < 4.78 is 46.0. The lowest BCUT2D eigenvalue weighted by Crippen LogP contribution is -2.33. The minimum Gasteiger partial charge on any atom is -0.497 e. The molecule has 2 heterocycles. The maximum absolute atomic E-state index is 13.4. The highest BCUT2D eigenvalue weighted by Crippen LogP contribution is 2.34. The summed E-state index contributed by atoms with van der Waals surface area (Å²) >= 11 is 0. The minimum absolute atomic E-state index is 0.116. The summed E-state index contributed by atoms with van der Waals surface area (Å²) in [4.78, 5) is 12.4. The third-order valence-corrected chi connectivity index (χ3v) is 4.13. The lowest BCUT2D eigenvalue weighted by molar-refractivity contribution is -0.138. The van der Waals surface area contributed by atoms with Gasteiger partial charge in [-0.25, -0.2) is 4.68 Å². The lowest BCUT2D eigenvalue weighted by Gasteiger charge is -2.16. The van der Waals surface area contributed by atoms with Crippen LogP contribution < -0.4 is 15.7 Å². The van der Waals surface area contributed by atoms with Crippen molar-refractivity contribution in [3.8, 4) is 5.75 Å². The number of aromatic nitrogens is 2. The number of aliphatic hydroxyl groups excluding tert-OH is 1. The molecule has 0 bridgehead atoms. The van der Waals surface area contributed by atoms with E-state index in [4.69, 9.17) is 4.74 Å². The molecule has 2 aromatic rings. The SMILES string of the molecule is COc1ccc(Cn2ncc(NN3[C@@H](C)[C@@H]3O)c(C(F)(F)F)c2=O)cc1. The van der Waals surface area contributed by atoms with Gasteiger partial charge in [0.15, 0.2) is 0 Å². The smallest absolute Gasteiger partial charge is 0.423 e. The minimum atomic E-state index is -4.87. The van der Waals surface area contributed by atoms with Crippen LogP contribution in [0.5, 0.6) is 5.75 Å². The second kappa shape index (κ2) is 6.61. The lowest BCUT2D eigenvalue weighted by atomic mass is 10.2. The molecule has 1 aromatic heterocycles. The molecule has 3 atom stereocenters. The van der Waals surface area contributed by atoms with Crippen molar-refractivity contribution >= 4 is 5.69 Å². The number of methoxy groups -OCH3 is 1. The van der Waals surface area contributed by atoms with Crippen LogP contribution in [0.2, 0.25) is 0 Å². The number of alkyl halides is 3. The van der Waals surface area contributed by atoms with Gasteiger partial charge in [0.1, 0.15) is 17.5 Å². The average Bonchev–Trinajstić information content (AvgIpc) is 3.15. The van der Waals surface area contributed by atoms with Crippen molar-refractivity contribution in [3.63, 3.8) is 0 Å². The fourth-order valence-corrected chi connectivity index (χ4v) is 2.50. The van der Waals surface area contributed by atoms with Crippen LogP contribution in [0.1, 0.15) is 18.1 Å². The van der Waals surface area contributed by atoms with Crippen LogP contribution in [-0.4, -0.2) is 39.3 Å². The molecule has 1 unspecified atom stereocenters. The van der Waals surface area contributed by atoms with Crippen molar-refractivity contribution in [3.05, 3.63) is 51.9 Å². The van der Waals surface area contributed by atoms with Gasteiger partial charge >= 0.3 is 6.18 Å². The first kappa shape index (κ1) is 18.2. The van der Waals surface area contributed by atoms with Crippen molar-refractivity contribution in [1.29, 1.82) is 0 Å². The monoisotopic (exact) mass is 370 g/mol. The quantitative estimate of drug-likeness (QED) is 0.780. The first-order valence-corrected chi connectivity index (χ1v) is 7.75. The molecule has 0 spiro atoms. The molecule has 0 aliphatic carbocycles. The molecule has 0 amide bonds. The van der Waals surface area contributed by atoms with Crippen LogP contribution in [0.4, 0.5) is 18.9 Å². The number of anilines is 1. The van der Waals surface area contributed by atoms with Gasteiger partial charge in [-0.3, -0.25) is 4.79 Å². The molecule has 1 saturated heterocycles. The van der Waals surface area contributed by atoms with E-state index in [0.29, 0.717) is 11.3 Å². The van der Waals surface area contributed by atoms with E-state index in [1.807, 2.05) is 0 Å². The van der Waals surface area contributed by atoms with Gasteiger partial charge in [-0.15, -0.1) is 0 Å². The van der Waals surface area contributed by atoms with E-state index in [2.05, 4.69) is 10.5 Å². The predicted molar refractivity (Wildman–Crippen MR) is 86.5 cm³/mol. The Kier molecular flexibility index (Phi) is 4.63. The van der Waals surface area contributed by atoms with Gasteiger partial charge in [0, 0.05) is 0 Å². The van der Waals surface area contributed by atoms with Crippen LogP contribution in [0.25, 0.3) is 0 Å². The van der Waals surface area contributed by atoms with E-state index in [9.17, 15) is 23.1 Å². The zero-order chi connectivity index (χ0) is 19.1. The zero-order valence-electron chi connectivity index (χ0n) is 14.0. The fraction of sp³-hybridized carbons (Fsp3) is 0.375. The van der Waals surface area contributed by atoms with Gasteiger partial charge in [0.25, 0.3) is 5.56 Å². The van der Waals surface area contributed by atoms with Gasteiger partial charge in [0.05, 0.1) is 31.6 Å². The normalized spacial score (nSPS) is 22.2. The van der Waals surface area contributed by atoms with Crippen molar-refractivity contribution < 1.29 is 23.0 Å². The summed E-state index contributed by atoms with van der Waals surface area (Å²) in [5, 5.41) is 14.5. The molecule has 26 heavy (non-hydrogen) atoms. The molecular weight excluding hydrogens is 353 g/mol. The van der Waals surface area contributed by atoms with Crippen LogP contribution in [-0.2, 0) is 12.7 Å². The van der Waals surface area contributed by atoms with Crippen molar-refractivity contribution in [2.45, 2.75) is 31.9 Å². The van der Waals surface area contributed by atoms with E-state index in [1.54, 1.807) is 31.2 Å². The zero-order valence-corrected chi connectivity index (χ0v) is 14.0. The Morgan fingerprint density at radius 3 is 2.42 bits per heavy atom. The van der Waals surface area contributed by atoms with Crippen LogP contribution >= 0.6 is 0 Å². The maximum Gasteiger partial charge on any atom is 0.423 e. The number of halogens is 3. The van der Waals surface area contributed by atoms with E-state index in [0.717, 1.165) is 10.9 Å². The third kappa shape index (κ3) is 3.51. The highest BCUT2D eigenvalue weighted by Gasteiger charge is 2.45. The Labute approximate surface area is 146 Å². The molecule has 1 aliphatic rings. The third-order valence-electron chi connectivity index (χ3n) is 4.13. The van der Waals surface area contributed by atoms with E-state index < -0.39 is 29.2 Å². The van der Waals surface area contributed by atoms with Crippen LogP contribution in [0.3, 0.4) is 0 Å². The number of hydrogen-bond acceptors (Lipinski definition) is 6.